The number of carbonyl (C=O) groups excluding carboxylic acids is 1. The van der Waals surface area contributed by atoms with Crippen molar-refractivity contribution in [2.45, 2.75) is 38.1 Å². The van der Waals surface area contributed by atoms with E-state index in [0.717, 1.165) is 22.3 Å². The monoisotopic (exact) mass is 492 g/mol. The summed E-state index contributed by atoms with van der Waals surface area (Å²) < 4.78 is 29.1. The van der Waals surface area contributed by atoms with Crippen molar-refractivity contribution in [3.8, 4) is 0 Å². The number of aryl methyl sites for hydroxylation is 2. The maximum atomic E-state index is 12.9. The number of amides is 1. The van der Waals surface area contributed by atoms with Crippen LogP contribution in [0.5, 0.6) is 0 Å². The zero-order valence-electron chi connectivity index (χ0n) is 20.7. The second-order valence-corrected chi connectivity index (χ2v) is 10.7. The highest BCUT2D eigenvalue weighted by Gasteiger charge is 2.23. The largest absolute Gasteiger partial charge is 0.341 e. The highest BCUT2D eigenvalue weighted by molar-refractivity contribution is 7.89. The van der Waals surface area contributed by atoms with Gasteiger partial charge in [-0.2, -0.15) is 4.31 Å². The van der Waals surface area contributed by atoms with E-state index in [4.69, 9.17) is 0 Å². The normalized spacial score (nSPS) is 12.0. The summed E-state index contributed by atoms with van der Waals surface area (Å²) in [7, 11) is 0.158. The average molecular weight is 493 g/mol. The van der Waals surface area contributed by atoms with Crippen molar-refractivity contribution < 1.29 is 13.2 Å². The van der Waals surface area contributed by atoms with Crippen molar-refractivity contribution in [3.63, 3.8) is 0 Å². The molecule has 0 aliphatic rings. The number of hydrogen-bond donors (Lipinski definition) is 0. The molecule has 35 heavy (non-hydrogen) atoms. The molecule has 0 atom stereocenters. The predicted molar refractivity (Wildman–Crippen MR) is 140 cm³/mol. The molecule has 8 heteroatoms. The number of carbonyl (C=O) groups is 1. The van der Waals surface area contributed by atoms with Crippen LogP contribution in [0, 0.1) is 0 Å². The van der Waals surface area contributed by atoms with E-state index in [1.165, 1.54) is 9.69 Å². The lowest BCUT2D eigenvalue weighted by Gasteiger charge is -2.18. The Hall–Kier alpha value is -3.23. The predicted octanol–water partition coefficient (Wildman–Crippen LogP) is 4.35. The third kappa shape index (κ3) is 5.09. The molecule has 1 amide bonds. The first-order valence-electron chi connectivity index (χ1n) is 11.9. The van der Waals surface area contributed by atoms with Crippen LogP contribution in [0.2, 0.25) is 0 Å². The van der Waals surface area contributed by atoms with E-state index in [1.54, 1.807) is 23.1 Å². The number of aromatic nitrogens is 2. The van der Waals surface area contributed by atoms with Gasteiger partial charge in [0.2, 0.25) is 15.9 Å². The van der Waals surface area contributed by atoms with Gasteiger partial charge < -0.3 is 9.47 Å². The smallest absolute Gasteiger partial charge is 0.243 e. The summed E-state index contributed by atoms with van der Waals surface area (Å²) in [5, 5.41) is 2.34. The van der Waals surface area contributed by atoms with Crippen molar-refractivity contribution in [2.24, 2.45) is 7.05 Å². The lowest BCUT2D eigenvalue weighted by Crippen LogP contribution is -2.30. The second-order valence-electron chi connectivity index (χ2n) is 8.76. The third-order valence-corrected chi connectivity index (χ3v) is 8.56. The Labute approximate surface area is 207 Å². The summed E-state index contributed by atoms with van der Waals surface area (Å²) in [6, 6.07) is 19.5. The summed E-state index contributed by atoms with van der Waals surface area (Å²) in [6.07, 6.45) is 0.802. The van der Waals surface area contributed by atoms with Crippen molar-refractivity contribution >= 4 is 37.7 Å². The minimum Gasteiger partial charge on any atom is -0.341 e. The van der Waals surface area contributed by atoms with Crippen molar-refractivity contribution in [3.05, 3.63) is 72.1 Å². The number of benzene rings is 3. The van der Waals surface area contributed by atoms with E-state index < -0.39 is 10.0 Å². The Morgan fingerprint density at radius 1 is 0.971 bits per heavy atom. The standard InChI is InChI=1S/C27H32N4O3S/c1-5-31(6-2)35(33,34)23-13-14-25-24(18-23)28-26(30(25)4)15-16-27(32)29(3)19-20-11-12-21-9-7-8-10-22(21)17-20/h7-14,17-18H,5-6,15-16,19H2,1-4H3. The molecule has 0 aliphatic heterocycles. The summed E-state index contributed by atoms with van der Waals surface area (Å²) in [4.78, 5) is 19.5. The molecule has 1 heterocycles. The van der Waals surface area contributed by atoms with Gasteiger partial charge in [0.15, 0.2) is 0 Å². The quantitative estimate of drug-likeness (QED) is 0.348. The first-order chi connectivity index (χ1) is 16.7. The van der Waals surface area contributed by atoms with Gasteiger partial charge in [-0.1, -0.05) is 50.2 Å². The number of fused-ring (bicyclic) bond motifs is 2. The zero-order valence-corrected chi connectivity index (χ0v) is 21.5. The third-order valence-electron chi connectivity index (χ3n) is 6.51. The molecule has 3 aromatic carbocycles. The minimum atomic E-state index is -3.55. The lowest BCUT2D eigenvalue weighted by molar-refractivity contribution is -0.130. The van der Waals surface area contributed by atoms with Crippen LogP contribution in [0.4, 0.5) is 0 Å². The molecule has 0 fully saturated rings. The van der Waals surface area contributed by atoms with E-state index >= 15 is 0 Å². The topological polar surface area (TPSA) is 75.5 Å². The van der Waals surface area contributed by atoms with Gasteiger partial charge in [0, 0.05) is 46.6 Å². The fourth-order valence-electron chi connectivity index (χ4n) is 4.43. The van der Waals surface area contributed by atoms with Gasteiger partial charge in [-0.25, -0.2) is 13.4 Å². The van der Waals surface area contributed by atoms with Gasteiger partial charge in [-0.15, -0.1) is 0 Å². The highest BCUT2D eigenvalue weighted by Crippen LogP contribution is 2.23. The Balaban J connectivity index is 1.46. The molecule has 0 unspecified atom stereocenters. The SMILES string of the molecule is CCN(CC)S(=O)(=O)c1ccc2c(c1)nc(CCC(=O)N(C)Cc1ccc3ccccc3c1)n2C. The second kappa shape index (κ2) is 10.2. The van der Waals surface area contributed by atoms with E-state index in [2.05, 4.69) is 35.3 Å². The fraction of sp³-hybridized carbons (Fsp3) is 0.333. The molecular formula is C27H32N4O3S. The van der Waals surface area contributed by atoms with Crippen molar-refractivity contribution in [1.82, 2.24) is 18.8 Å². The molecular weight excluding hydrogens is 460 g/mol. The van der Waals surface area contributed by atoms with Crippen LogP contribution < -0.4 is 0 Å². The molecule has 0 bridgehead atoms. The molecule has 4 rings (SSSR count). The lowest BCUT2D eigenvalue weighted by atomic mass is 10.1. The maximum absolute atomic E-state index is 12.9. The molecule has 0 N–H and O–H groups in total. The van der Waals surface area contributed by atoms with Crippen LogP contribution in [0.3, 0.4) is 0 Å². The molecule has 0 aliphatic carbocycles. The molecule has 184 valence electrons. The first kappa shape index (κ1) is 24.9. The number of rotatable bonds is 9. The minimum absolute atomic E-state index is 0.0371. The van der Waals surface area contributed by atoms with E-state index in [9.17, 15) is 13.2 Å². The van der Waals surface area contributed by atoms with Crippen molar-refractivity contribution in [1.29, 1.82) is 0 Å². The molecule has 0 saturated heterocycles. The van der Waals surface area contributed by atoms with Gasteiger partial charge in [-0.05, 0) is 40.6 Å². The summed E-state index contributed by atoms with van der Waals surface area (Å²) >= 11 is 0. The van der Waals surface area contributed by atoms with Gasteiger partial charge >= 0.3 is 0 Å². The van der Waals surface area contributed by atoms with Crippen LogP contribution in [-0.2, 0) is 34.8 Å². The van der Waals surface area contributed by atoms with E-state index in [1.807, 2.05) is 44.6 Å². The van der Waals surface area contributed by atoms with Crippen LogP contribution in [0.1, 0.15) is 31.7 Å². The van der Waals surface area contributed by atoms with E-state index in [-0.39, 0.29) is 10.8 Å². The van der Waals surface area contributed by atoms with Crippen LogP contribution >= 0.6 is 0 Å². The highest BCUT2D eigenvalue weighted by atomic mass is 32.2. The molecule has 0 radical (unpaired) electrons. The van der Waals surface area contributed by atoms with E-state index in [0.29, 0.717) is 38.0 Å². The summed E-state index contributed by atoms with van der Waals surface area (Å²) in [5.74, 6) is 0.792. The van der Waals surface area contributed by atoms with Crippen LogP contribution in [0.15, 0.2) is 65.6 Å². The Morgan fingerprint density at radius 3 is 2.40 bits per heavy atom. The van der Waals surface area contributed by atoms with Crippen LogP contribution in [-0.4, -0.2) is 53.2 Å². The first-order valence-corrected chi connectivity index (χ1v) is 13.4. The van der Waals surface area contributed by atoms with Gasteiger partial charge in [-0.3, -0.25) is 4.79 Å². The number of nitrogens with zero attached hydrogens (tertiary/aromatic N) is 4. The Bertz CT molecular complexity index is 1470. The van der Waals surface area contributed by atoms with Crippen LogP contribution in [0.25, 0.3) is 21.8 Å². The number of imidazole rings is 1. The van der Waals surface area contributed by atoms with Gasteiger partial charge in [0.1, 0.15) is 5.82 Å². The van der Waals surface area contributed by atoms with Crippen molar-refractivity contribution in [2.75, 3.05) is 20.1 Å². The van der Waals surface area contributed by atoms with Gasteiger partial charge in [0.05, 0.1) is 15.9 Å². The fourth-order valence-corrected chi connectivity index (χ4v) is 5.91. The maximum Gasteiger partial charge on any atom is 0.243 e. The Kier molecular flexibility index (Phi) is 7.23. The molecule has 1 aromatic heterocycles. The molecule has 0 spiro atoms. The summed E-state index contributed by atoms with van der Waals surface area (Å²) in [6.45, 7) is 5.02. The Morgan fingerprint density at radius 2 is 1.69 bits per heavy atom. The summed E-state index contributed by atoms with van der Waals surface area (Å²) in [5.41, 5.74) is 2.55. The van der Waals surface area contributed by atoms with Gasteiger partial charge in [0.25, 0.3) is 0 Å². The molecule has 4 aromatic rings. The zero-order chi connectivity index (χ0) is 25.2. The number of hydrogen-bond acceptors (Lipinski definition) is 4. The number of sulfonamides is 1. The average Bonchev–Trinajstić information content (AvgIpc) is 3.17. The molecule has 0 saturated carbocycles. The molecule has 7 nitrogen and oxygen atoms in total.